The number of ether oxygens (including phenoxy) is 2. The smallest absolute Gasteiger partial charge is 0.462 e. The Bertz CT molecular complexity index is 937. The lowest BCUT2D eigenvalue weighted by Gasteiger charge is -2.19. The van der Waals surface area contributed by atoms with Gasteiger partial charge < -0.3 is 14.4 Å². The second kappa shape index (κ2) is 41.2. The molecule has 0 amide bonds. The monoisotopic (exact) mass is 785 g/mol. The van der Waals surface area contributed by atoms with Crippen LogP contribution in [0.2, 0.25) is 0 Å². The molecule has 0 heterocycles. The highest BCUT2D eigenvalue weighted by molar-refractivity contribution is 7.47. The molecule has 0 saturated heterocycles. The predicted molar refractivity (Wildman–Crippen MR) is 226 cm³/mol. The van der Waals surface area contributed by atoms with Gasteiger partial charge in [-0.1, -0.05) is 167 Å². The Morgan fingerprint density at radius 2 is 0.833 bits per heavy atom. The molecule has 0 aromatic carbocycles. The van der Waals surface area contributed by atoms with E-state index in [-0.39, 0.29) is 32.0 Å². The van der Waals surface area contributed by atoms with Crippen molar-refractivity contribution in [1.82, 2.24) is 0 Å². The molecule has 0 spiro atoms. The quantitative estimate of drug-likeness (QED) is 0.0282. The summed E-state index contributed by atoms with van der Waals surface area (Å²) in [5.74, 6) is -0.805. The molecule has 9 heteroatoms. The average molecular weight is 785 g/mol. The van der Waals surface area contributed by atoms with Crippen LogP contribution < -0.4 is 0 Å². The summed E-state index contributed by atoms with van der Waals surface area (Å²) in [6, 6.07) is 0. The predicted octanol–water partition coefficient (Wildman–Crippen LogP) is 14.2. The van der Waals surface area contributed by atoms with Gasteiger partial charge in [0.25, 0.3) is 0 Å². The Morgan fingerprint density at radius 3 is 1.22 bits per heavy atom. The lowest BCUT2D eigenvalue weighted by Crippen LogP contribution is -2.29. The van der Waals surface area contributed by atoms with Crippen molar-refractivity contribution in [2.24, 2.45) is 0 Å². The number of carbonyl (C=O) groups excluding carboxylic acids is 2. The van der Waals surface area contributed by atoms with E-state index in [9.17, 15) is 19.0 Å². The van der Waals surface area contributed by atoms with Gasteiger partial charge in [0, 0.05) is 12.8 Å². The molecule has 2 unspecified atom stereocenters. The molecular formula is C45H85O8P. The number of phosphoric acid groups is 1. The van der Waals surface area contributed by atoms with Crippen LogP contribution >= 0.6 is 7.82 Å². The maximum absolute atomic E-state index is 12.6. The maximum atomic E-state index is 12.6. The molecule has 318 valence electrons. The Hall–Kier alpha value is -1.47. The number of allylic oxidation sites excluding steroid dienone is 4. The zero-order valence-corrected chi connectivity index (χ0v) is 36.3. The molecule has 0 aromatic heterocycles. The number of carbonyl (C=O) groups is 2. The topological polar surface area (TPSA) is 108 Å². The zero-order chi connectivity index (χ0) is 39.6. The third-order valence-corrected chi connectivity index (χ3v) is 10.8. The molecular weight excluding hydrogens is 699 g/mol. The third kappa shape index (κ3) is 40.2. The van der Waals surface area contributed by atoms with Gasteiger partial charge in [-0.3, -0.25) is 18.6 Å². The van der Waals surface area contributed by atoms with E-state index in [1.54, 1.807) is 6.92 Å². The molecule has 1 N–H and O–H groups in total. The fraction of sp³-hybridized carbons (Fsp3) is 0.867. The first-order valence-corrected chi connectivity index (χ1v) is 24.1. The van der Waals surface area contributed by atoms with Crippen LogP contribution in [-0.4, -0.2) is 42.8 Å². The van der Waals surface area contributed by atoms with Gasteiger partial charge in [0.05, 0.1) is 13.2 Å². The van der Waals surface area contributed by atoms with E-state index in [2.05, 4.69) is 38.2 Å². The van der Waals surface area contributed by atoms with Crippen molar-refractivity contribution in [2.45, 2.75) is 232 Å². The van der Waals surface area contributed by atoms with Crippen LogP contribution in [0.5, 0.6) is 0 Å². The molecule has 8 nitrogen and oxygen atoms in total. The summed E-state index contributed by atoms with van der Waals surface area (Å²) in [4.78, 5) is 34.8. The highest BCUT2D eigenvalue weighted by Crippen LogP contribution is 2.43. The van der Waals surface area contributed by atoms with Crippen LogP contribution in [0.1, 0.15) is 226 Å². The van der Waals surface area contributed by atoms with Gasteiger partial charge in [0.2, 0.25) is 0 Å². The summed E-state index contributed by atoms with van der Waals surface area (Å²) < 4.78 is 32.7. The molecule has 0 rings (SSSR count). The second-order valence-corrected chi connectivity index (χ2v) is 16.5. The van der Waals surface area contributed by atoms with Crippen LogP contribution in [0.15, 0.2) is 24.3 Å². The van der Waals surface area contributed by atoms with Gasteiger partial charge in [-0.15, -0.1) is 0 Å². The third-order valence-electron chi connectivity index (χ3n) is 9.73. The van der Waals surface area contributed by atoms with Gasteiger partial charge in [-0.25, -0.2) is 4.57 Å². The maximum Gasteiger partial charge on any atom is 0.472 e. The van der Waals surface area contributed by atoms with Crippen molar-refractivity contribution < 1.29 is 37.6 Å². The number of hydrogen-bond donors (Lipinski definition) is 1. The van der Waals surface area contributed by atoms with E-state index >= 15 is 0 Å². The van der Waals surface area contributed by atoms with Gasteiger partial charge >= 0.3 is 19.8 Å². The first-order chi connectivity index (χ1) is 26.3. The standard InChI is InChI=1S/C45H85O8P/c1-4-7-9-11-13-15-17-19-21-23-24-26-28-30-32-34-36-38-40-45(47)53-43(42-52-54(48,49)51-6-3)41-50-44(46)39-37-35-33-31-29-27-25-22-20-18-16-14-12-10-8-5-2/h21-23,25,43H,4-20,24,26-42H2,1-3H3,(H,48,49)/b23-21-,25-22-. The largest absolute Gasteiger partial charge is 0.472 e. The number of esters is 2. The molecule has 54 heavy (non-hydrogen) atoms. The summed E-state index contributed by atoms with van der Waals surface area (Å²) in [5, 5.41) is 0. The van der Waals surface area contributed by atoms with E-state index in [0.29, 0.717) is 6.42 Å². The van der Waals surface area contributed by atoms with Gasteiger partial charge in [-0.2, -0.15) is 0 Å². The van der Waals surface area contributed by atoms with Crippen molar-refractivity contribution in [3.8, 4) is 0 Å². The van der Waals surface area contributed by atoms with Crippen LogP contribution in [0, 0.1) is 0 Å². The summed E-state index contributed by atoms with van der Waals surface area (Å²) >= 11 is 0. The minimum absolute atomic E-state index is 0.000364. The Morgan fingerprint density at radius 1 is 0.481 bits per heavy atom. The minimum Gasteiger partial charge on any atom is -0.462 e. The number of hydrogen-bond acceptors (Lipinski definition) is 7. The average Bonchev–Trinajstić information content (AvgIpc) is 3.15. The number of rotatable bonds is 42. The lowest BCUT2D eigenvalue weighted by molar-refractivity contribution is -0.161. The Balaban J connectivity index is 4.06. The van der Waals surface area contributed by atoms with Crippen LogP contribution in [0.3, 0.4) is 0 Å². The van der Waals surface area contributed by atoms with Crippen LogP contribution in [0.4, 0.5) is 0 Å². The normalized spacial score (nSPS) is 13.5. The molecule has 0 fully saturated rings. The van der Waals surface area contributed by atoms with Crippen molar-refractivity contribution in [2.75, 3.05) is 19.8 Å². The molecule has 0 aliphatic rings. The van der Waals surface area contributed by atoms with E-state index in [1.807, 2.05) is 0 Å². The Kier molecular flexibility index (Phi) is 40.1. The van der Waals surface area contributed by atoms with E-state index in [0.717, 1.165) is 57.8 Å². The summed E-state index contributed by atoms with van der Waals surface area (Å²) in [6.07, 6.45) is 45.1. The van der Waals surface area contributed by atoms with Crippen LogP contribution in [-0.2, 0) is 32.7 Å². The molecule has 0 saturated carbocycles. The second-order valence-electron chi connectivity index (χ2n) is 15.1. The van der Waals surface area contributed by atoms with Crippen molar-refractivity contribution in [3.05, 3.63) is 24.3 Å². The lowest BCUT2D eigenvalue weighted by atomic mass is 10.1. The fourth-order valence-corrected chi connectivity index (χ4v) is 7.14. The highest BCUT2D eigenvalue weighted by atomic mass is 31.2. The molecule has 0 bridgehead atoms. The summed E-state index contributed by atoms with van der Waals surface area (Å²) in [7, 11) is -4.28. The number of unbranched alkanes of at least 4 members (excludes halogenated alkanes) is 26. The van der Waals surface area contributed by atoms with Crippen molar-refractivity contribution in [1.29, 1.82) is 0 Å². The van der Waals surface area contributed by atoms with Gasteiger partial charge in [0.1, 0.15) is 6.61 Å². The first kappa shape index (κ1) is 52.5. The molecule has 0 aliphatic heterocycles. The first-order valence-electron chi connectivity index (χ1n) is 22.6. The molecule has 0 radical (unpaired) electrons. The van der Waals surface area contributed by atoms with E-state index in [4.69, 9.17) is 18.5 Å². The Labute approximate surface area is 333 Å². The highest BCUT2D eigenvalue weighted by Gasteiger charge is 2.25. The summed E-state index contributed by atoms with van der Waals surface area (Å²) in [5.41, 5.74) is 0. The fourth-order valence-electron chi connectivity index (χ4n) is 6.38. The van der Waals surface area contributed by atoms with Gasteiger partial charge in [0.15, 0.2) is 6.10 Å². The zero-order valence-electron chi connectivity index (χ0n) is 35.4. The molecule has 0 aliphatic carbocycles. The van der Waals surface area contributed by atoms with Crippen LogP contribution in [0.25, 0.3) is 0 Å². The van der Waals surface area contributed by atoms with E-state index < -0.39 is 26.5 Å². The van der Waals surface area contributed by atoms with E-state index in [1.165, 1.54) is 128 Å². The minimum atomic E-state index is -4.28. The van der Waals surface area contributed by atoms with Crippen molar-refractivity contribution in [3.63, 3.8) is 0 Å². The summed E-state index contributed by atoms with van der Waals surface area (Å²) in [6.45, 7) is 5.48. The molecule has 2 atom stereocenters. The SMILES string of the molecule is CCCCCCCCC/C=C\CCCCCCCCCC(=O)OC(COC(=O)CCCCCCC/C=C\CCCCCCCCC)COP(=O)(O)OCC. The van der Waals surface area contributed by atoms with Crippen molar-refractivity contribution >= 4 is 19.8 Å². The van der Waals surface area contributed by atoms with Gasteiger partial charge in [-0.05, 0) is 71.1 Å². The molecule has 0 aromatic rings. The number of phosphoric ester groups is 1.